The molecule has 0 bridgehead atoms. The lowest BCUT2D eigenvalue weighted by atomic mass is 9.60. The maximum atomic E-state index is 12.5. The van der Waals surface area contributed by atoms with E-state index in [-0.39, 0.29) is 23.7 Å². The molecule has 0 radical (unpaired) electrons. The molecule has 3 fully saturated rings. The number of ether oxygens (including phenoxy) is 1. The molecule has 4 aromatic heterocycles. The van der Waals surface area contributed by atoms with Crippen molar-refractivity contribution in [3.8, 4) is 17.0 Å². The van der Waals surface area contributed by atoms with E-state index >= 15 is 0 Å². The summed E-state index contributed by atoms with van der Waals surface area (Å²) in [6, 6.07) is 11.9. The molecule has 7 heterocycles. The first-order valence-corrected chi connectivity index (χ1v) is 19.6. The third-order valence-electron chi connectivity index (χ3n) is 12.5. The fraction of sp³-hybridized carbons (Fsp3) is 0.512. The normalized spacial score (nSPS) is 20.9. The Hall–Kier alpha value is -5.04. The Bertz CT molecular complexity index is 2140. The first-order valence-electron chi connectivity index (χ1n) is 19.6. The van der Waals surface area contributed by atoms with Crippen LogP contribution >= 0.6 is 0 Å². The number of aromatic hydroxyl groups is 1. The molecule has 1 saturated carbocycles. The van der Waals surface area contributed by atoms with E-state index in [0.29, 0.717) is 41.0 Å². The summed E-state index contributed by atoms with van der Waals surface area (Å²) in [6.45, 7) is 13.4. The van der Waals surface area contributed by atoms with Crippen LogP contribution in [0.4, 0.5) is 11.8 Å². The summed E-state index contributed by atoms with van der Waals surface area (Å²) in [7, 11) is 0. The van der Waals surface area contributed by atoms with E-state index in [1.165, 1.54) is 29.7 Å². The van der Waals surface area contributed by atoms with Gasteiger partial charge in [-0.15, -0.1) is 10.2 Å². The lowest BCUT2D eigenvalue weighted by Gasteiger charge is -2.61. The number of carbonyl (C=O) groups excluding carboxylic acids is 1. The van der Waals surface area contributed by atoms with Crippen molar-refractivity contribution in [3.05, 3.63) is 71.4 Å². The Labute approximate surface area is 315 Å². The number of H-pyrrole nitrogens is 1. The fourth-order valence-corrected chi connectivity index (χ4v) is 9.61. The van der Waals surface area contributed by atoms with Crippen molar-refractivity contribution in [2.45, 2.75) is 83.7 Å². The van der Waals surface area contributed by atoms with Crippen LogP contribution in [0.15, 0.2) is 53.3 Å². The molecular weight excluding hydrogens is 683 g/mol. The van der Waals surface area contributed by atoms with Gasteiger partial charge < -0.3 is 34.1 Å². The molecule has 2 N–H and O–H groups in total. The number of phenols is 1. The molecule has 1 aromatic carbocycles. The zero-order valence-corrected chi connectivity index (χ0v) is 31.5. The molecule has 5 aromatic rings. The molecular formula is C41H49N9O4. The van der Waals surface area contributed by atoms with E-state index in [1.54, 1.807) is 12.1 Å². The summed E-state index contributed by atoms with van der Waals surface area (Å²) in [4.78, 5) is 33.1. The number of aromatic amines is 1. The number of aromatic nitrogens is 6. The minimum absolute atomic E-state index is 0.0495. The molecule has 13 nitrogen and oxygen atoms in total. The molecule has 9 rings (SSSR count). The number of piperidine rings is 1. The number of para-hydroxylation sites is 1. The molecule has 282 valence electrons. The standard InChI is InChI=1S/C41H49N9O4/c1-5-53-39(52)36(24(2)3)34-17-35(47-54-34)49-22-41(23-49)18-28(19-41)48-13-10-26(11-14-48)27-20-42-40(43-21-27)50-15-12-31-37(25(50)4)30-16-32(45-46-38(30)44-31)29-8-6-7-9-33(29)51/h6-9,16-17,20-21,24-26,28,36,51H,5,10-15,18-19,22-23H2,1-4H3,(H,44,46)/t25-,36?/m0/s1. The largest absolute Gasteiger partial charge is 0.507 e. The van der Waals surface area contributed by atoms with Gasteiger partial charge in [0, 0.05) is 78.2 Å². The van der Waals surface area contributed by atoms with Gasteiger partial charge in [0.1, 0.15) is 11.7 Å². The summed E-state index contributed by atoms with van der Waals surface area (Å²) in [5.41, 5.74) is 6.03. The average molecular weight is 732 g/mol. The number of nitrogens with zero attached hydrogens (tertiary/aromatic N) is 8. The van der Waals surface area contributed by atoms with Crippen LogP contribution in [0.25, 0.3) is 22.3 Å². The van der Waals surface area contributed by atoms with Gasteiger partial charge in [-0.3, -0.25) is 4.79 Å². The zero-order valence-electron chi connectivity index (χ0n) is 31.5. The highest BCUT2D eigenvalue weighted by Gasteiger charge is 2.54. The van der Waals surface area contributed by atoms with Gasteiger partial charge in [0.15, 0.2) is 17.2 Å². The van der Waals surface area contributed by atoms with E-state index in [1.807, 2.05) is 45.0 Å². The lowest BCUT2D eigenvalue weighted by molar-refractivity contribution is -0.146. The van der Waals surface area contributed by atoms with Gasteiger partial charge in [0.05, 0.1) is 18.3 Å². The molecule has 4 aliphatic rings. The molecule has 1 aliphatic carbocycles. The van der Waals surface area contributed by atoms with Crippen LogP contribution in [-0.4, -0.2) is 91.7 Å². The molecule has 13 heteroatoms. The van der Waals surface area contributed by atoms with Crippen molar-refractivity contribution >= 4 is 28.8 Å². The second kappa shape index (κ2) is 13.7. The first kappa shape index (κ1) is 34.7. The third kappa shape index (κ3) is 6.06. The fourth-order valence-electron chi connectivity index (χ4n) is 9.61. The summed E-state index contributed by atoms with van der Waals surface area (Å²) in [6.07, 6.45) is 9.63. The lowest BCUT2D eigenvalue weighted by Crippen LogP contribution is -2.67. The number of hydrogen-bond acceptors (Lipinski definition) is 12. The predicted octanol–water partition coefficient (Wildman–Crippen LogP) is 6.38. The van der Waals surface area contributed by atoms with Crippen LogP contribution in [0.3, 0.4) is 0 Å². The number of benzene rings is 1. The molecule has 1 spiro atoms. The van der Waals surface area contributed by atoms with Crippen molar-refractivity contribution in [1.82, 2.24) is 35.2 Å². The van der Waals surface area contributed by atoms with Gasteiger partial charge >= 0.3 is 5.97 Å². The number of fused-ring (bicyclic) bond motifs is 3. The Kier molecular flexibility index (Phi) is 8.79. The minimum atomic E-state index is -0.432. The van der Waals surface area contributed by atoms with Gasteiger partial charge in [0.25, 0.3) is 0 Å². The third-order valence-corrected chi connectivity index (χ3v) is 12.5. The van der Waals surface area contributed by atoms with Crippen molar-refractivity contribution in [1.29, 1.82) is 0 Å². The van der Waals surface area contributed by atoms with Crippen LogP contribution < -0.4 is 9.80 Å². The molecule has 2 saturated heterocycles. The van der Waals surface area contributed by atoms with Gasteiger partial charge in [-0.2, -0.15) is 0 Å². The van der Waals surface area contributed by atoms with Crippen LogP contribution in [0.2, 0.25) is 0 Å². The van der Waals surface area contributed by atoms with E-state index in [9.17, 15) is 9.90 Å². The van der Waals surface area contributed by atoms with Crippen molar-refractivity contribution < 1.29 is 19.2 Å². The smallest absolute Gasteiger partial charge is 0.317 e. The number of rotatable bonds is 9. The monoisotopic (exact) mass is 731 g/mol. The van der Waals surface area contributed by atoms with Crippen molar-refractivity contribution in [2.75, 3.05) is 49.1 Å². The van der Waals surface area contributed by atoms with E-state index in [2.05, 4.69) is 54.4 Å². The topological polar surface area (TPSA) is 150 Å². The quantitative estimate of drug-likeness (QED) is 0.162. The second-order valence-electron chi connectivity index (χ2n) is 16.3. The van der Waals surface area contributed by atoms with Crippen molar-refractivity contribution in [3.63, 3.8) is 0 Å². The number of nitrogens with one attached hydrogen (secondary N) is 1. The molecule has 3 aliphatic heterocycles. The average Bonchev–Trinajstić information content (AvgIpc) is 3.76. The Morgan fingerprint density at radius 2 is 1.83 bits per heavy atom. The van der Waals surface area contributed by atoms with E-state index < -0.39 is 5.92 Å². The van der Waals surface area contributed by atoms with E-state index in [4.69, 9.17) is 19.2 Å². The SMILES string of the molecule is CCOC(=O)C(c1cc(N2CC3(CC(N4CCC(c5cnc(N6CCc7[nH]c8nnc(-c9ccccc9O)cc8c7[C@@H]6C)nc5)CC4)C3)C2)no1)C(C)C. The number of phenolic OH excluding ortho intramolecular Hbond substituents is 1. The van der Waals surface area contributed by atoms with Gasteiger partial charge in [-0.05, 0) is 88.2 Å². The number of likely N-dealkylation sites (tertiary alicyclic amines) is 1. The highest BCUT2D eigenvalue weighted by Crippen LogP contribution is 2.52. The maximum absolute atomic E-state index is 12.5. The maximum Gasteiger partial charge on any atom is 0.317 e. The van der Waals surface area contributed by atoms with Crippen LogP contribution in [0.1, 0.15) is 93.8 Å². The Balaban J connectivity index is 0.783. The Morgan fingerprint density at radius 1 is 1.07 bits per heavy atom. The second-order valence-corrected chi connectivity index (χ2v) is 16.3. The van der Waals surface area contributed by atoms with Crippen LogP contribution in [0.5, 0.6) is 5.75 Å². The summed E-state index contributed by atoms with van der Waals surface area (Å²) in [5.74, 6) is 2.22. The number of anilines is 2. The number of carbonyl (C=O) groups is 1. The highest BCUT2D eigenvalue weighted by atomic mass is 16.5. The zero-order chi connectivity index (χ0) is 37.1. The first-order chi connectivity index (χ1) is 26.2. The van der Waals surface area contributed by atoms with E-state index in [0.717, 1.165) is 74.8 Å². The van der Waals surface area contributed by atoms with Gasteiger partial charge in [-0.1, -0.05) is 31.1 Å². The highest BCUT2D eigenvalue weighted by molar-refractivity contribution is 5.86. The molecule has 2 atom stereocenters. The van der Waals surface area contributed by atoms with Gasteiger partial charge in [0.2, 0.25) is 5.95 Å². The predicted molar refractivity (Wildman–Crippen MR) is 204 cm³/mol. The molecule has 54 heavy (non-hydrogen) atoms. The minimum Gasteiger partial charge on any atom is -0.507 e. The number of hydrogen-bond donors (Lipinski definition) is 2. The summed E-state index contributed by atoms with van der Waals surface area (Å²) in [5, 5.41) is 24.7. The Morgan fingerprint density at radius 3 is 2.56 bits per heavy atom. The summed E-state index contributed by atoms with van der Waals surface area (Å²) < 4.78 is 10.9. The van der Waals surface area contributed by atoms with Crippen LogP contribution in [0, 0.1) is 11.3 Å². The molecule has 1 unspecified atom stereocenters. The van der Waals surface area contributed by atoms with Crippen molar-refractivity contribution in [2.24, 2.45) is 11.3 Å². The summed E-state index contributed by atoms with van der Waals surface area (Å²) >= 11 is 0. The van der Waals surface area contributed by atoms with Crippen LogP contribution in [-0.2, 0) is 16.0 Å². The molecule has 0 amide bonds. The van der Waals surface area contributed by atoms with Gasteiger partial charge in [-0.25, -0.2) is 9.97 Å². The number of esters is 1.